The van der Waals surface area contributed by atoms with Crippen LogP contribution in [0.4, 0.5) is 0 Å². The van der Waals surface area contributed by atoms with E-state index in [4.69, 9.17) is 4.74 Å². The number of benzene rings is 2. The highest BCUT2D eigenvalue weighted by molar-refractivity contribution is 6.07. The third-order valence-electron chi connectivity index (χ3n) is 3.55. The molecule has 0 spiro atoms. The van der Waals surface area contributed by atoms with Gasteiger partial charge >= 0.3 is 0 Å². The van der Waals surface area contributed by atoms with Crippen LogP contribution in [-0.2, 0) is 6.42 Å². The van der Waals surface area contributed by atoms with Gasteiger partial charge in [-0.25, -0.2) is 0 Å². The molecule has 0 radical (unpaired) electrons. The van der Waals surface area contributed by atoms with Crippen molar-refractivity contribution >= 4 is 11.9 Å². The van der Waals surface area contributed by atoms with Crippen molar-refractivity contribution in [1.29, 1.82) is 0 Å². The highest BCUT2D eigenvalue weighted by atomic mass is 16.5. The van der Waals surface area contributed by atoms with Gasteiger partial charge in [0.1, 0.15) is 17.2 Å². The van der Waals surface area contributed by atoms with Gasteiger partial charge in [0, 0.05) is 5.56 Å². The first kappa shape index (κ1) is 16.6. The maximum atomic E-state index is 12.2. The molecule has 120 valence electrons. The molecule has 0 saturated heterocycles. The number of aryl methyl sites for hydroxylation is 1. The molecule has 2 rings (SSSR count). The monoisotopic (exact) mass is 312 g/mol. The molecule has 0 aliphatic carbocycles. The molecule has 4 nitrogen and oxygen atoms in total. The Bertz CT molecular complexity index is 715. The zero-order chi connectivity index (χ0) is 16.8. The Morgan fingerprint density at radius 1 is 1.13 bits per heavy atom. The third kappa shape index (κ3) is 3.92. The van der Waals surface area contributed by atoms with Gasteiger partial charge in [0.05, 0.1) is 12.7 Å². The Morgan fingerprint density at radius 2 is 1.83 bits per heavy atom. The van der Waals surface area contributed by atoms with Gasteiger partial charge in [-0.1, -0.05) is 19.4 Å². The Kier molecular flexibility index (Phi) is 5.41. The SMILES string of the molecule is CCCc1ccc(OC)c(/C=C/C(=O)c2ccc(O)cc2)c1O. The molecule has 0 unspecified atom stereocenters. The number of phenolic OH excluding ortho intramolecular Hbond substituents is 2. The van der Waals surface area contributed by atoms with Crippen LogP contribution < -0.4 is 4.74 Å². The van der Waals surface area contributed by atoms with Crippen molar-refractivity contribution in [3.05, 3.63) is 59.2 Å². The minimum absolute atomic E-state index is 0.108. The van der Waals surface area contributed by atoms with E-state index in [9.17, 15) is 15.0 Å². The van der Waals surface area contributed by atoms with Crippen molar-refractivity contribution < 1.29 is 19.7 Å². The Balaban J connectivity index is 2.32. The molecule has 0 aliphatic heterocycles. The van der Waals surface area contributed by atoms with Crippen molar-refractivity contribution in [2.75, 3.05) is 7.11 Å². The summed E-state index contributed by atoms with van der Waals surface area (Å²) in [5.74, 6) is 0.544. The van der Waals surface area contributed by atoms with Crippen LogP contribution in [0.2, 0.25) is 0 Å². The van der Waals surface area contributed by atoms with Gasteiger partial charge in [-0.3, -0.25) is 4.79 Å². The lowest BCUT2D eigenvalue weighted by Crippen LogP contribution is -1.95. The van der Waals surface area contributed by atoms with Crippen molar-refractivity contribution in [2.24, 2.45) is 0 Å². The second kappa shape index (κ2) is 7.49. The van der Waals surface area contributed by atoms with Crippen molar-refractivity contribution in [3.8, 4) is 17.2 Å². The van der Waals surface area contributed by atoms with Crippen LogP contribution in [0.25, 0.3) is 6.08 Å². The van der Waals surface area contributed by atoms with E-state index in [0.717, 1.165) is 18.4 Å². The molecule has 0 fully saturated rings. The minimum atomic E-state index is -0.215. The van der Waals surface area contributed by atoms with Crippen LogP contribution in [0.1, 0.15) is 34.8 Å². The first-order valence-corrected chi connectivity index (χ1v) is 7.47. The topological polar surface area (TPSA) is 66.8 Å². The number of ketones is 1. The van der Waals surface area contributed by atoms with E-state index in [-0.39, 0.29) is 17.3 Å². The number of carbonyl (C=O) groups excluding carboxylic acids is 1. The van der Waals surface area contributed by atoms with Crippen molar-refractivity contribution in [2.45, 2.75) is 19.8 Å². The molecule has 0 amide bonds. The maximum Gasteiger partial charge on any atom is 0.185 e. The van der Waals surface area contributed by atoms with E-state index >= 15 is 0 Å². The average molecular weight is 312 g/mol. The van der Waals surface area contributed by atoms with Gasteiger partial charge in [-0.05, 0) is 54.5 Å². The fourth-order valence-electron chi connectivity index (χ4n) is 2.33. The zero-order valence-corrected chi connectivity index (χ0v) is 13.2. The van der Waals surface area contributed by atoms with Gasteiger partial charge < -0.3 is 14.9 Å². The smallest absolute Gasteiger partial charge is 0.185 e. The summed E-state index contributed by atoms with van der Waals surface area (Å²) >= 11 is 0. The number of hydrogen-bond acceptors (Lipinski definition) is 4. The first-order chi connectivity index (χ1) is 11.1. The largest absolute Gasteiger partial charge is 0.508 e. The van der Waals surface area contributed by atoms with Gasteiger partial charge in [0.2, 0.25) is 0 Å². The van der Waals surface area contributed by atoms with Gasteiger partial charge in [-0.2, -0.15) is 0 Å². The van der Waals surface area contributed by atoms with E-state index < -0.39 is 0 Å². The average Bonchev–Trinajstić information content (AvgIpc) is 2.56. The van der Waals surface area contributed by atoms with E-state index in [1.807, 2.05) is 13.0 Å². The van der Waals surface area contributed by atoms with Crippen LogP contribution >= 0.6 is 0 Å². The van der Waals surface area contributed by atoms with Crippen LogP contribution in [0.3, 0.4) is 0 Å². The maximum absolute atomic E-state index is 12.2. The molecule has 2 aromatic carbocycles. The molecule has 0 bridgehead atoms. The lowest BCUT2D eigenvalue weighted by atomic mass is 10.0. The number of allylic oxidation sites excluding steroid dienone is 1. The predicted octanol–water partition coefficient (Wildman–Crippen LogP) is 3.96. The number of aromatic hydroxyl groups is 2. The van der Waals surface area contributed by atoms with Crippen molar-refractivity contribution in [3.63, 3.8) is 0 Å². The second-order valence-corrected chi connectivity index (χ2v) is 5.18. The molecule has 0 saturated carbocycles. The Hall–Kier alpha value is -2.75. The van der Waals surface area contributed by atoms with Crippen LogP contribution in [0.5, 0.6) is 17.2 Å². The summed E-state index contributed by atoms with van der Waals surface area (Å²) in [6, 6.07) is 9.63. The van der Waals surface area contributed by atoms with Crippen LogP contribution in [0.15, 0.2) is 42.5 Å². The summed E-state index contributed by atoms with van der Waals surface area (Å²) in [6.07, 6.45) is 4.61. The van der Waals surface area contributed by atoms with Gasteiger partial charge in [-0.15, -0.1) is 0 Å². The molecule has 2 aromatic rings. The number of phenols is 2. The Labute approximate surface area is 135 Å². The minimum Gasteiger partial charge on any atom is -0.508 e. The lowest BCUT2D eigenvalue weighted by molar-refractivity contribution is 0.104. The van der Waals surface area contributed by atoms with Gasteiger partial charge in [0.25, 0.3) is 0 Å². The molecule has 4 heteroatoms. The summed E-state index contributed by atoms with van der Waals surface area (Å²) in [4.78, 5) is 12.2. The molecule has 23 heavy (non-hydrogen) atoms. The number of methoxy groups -OCH3 is 1. The summed E-state index contributed by atoms with van der Waals surface area (Å²) in [5, 5.41) is 19.6. The molecular weight excluding hydrogens is 292 g/mol. The number of rotatable bonds is 6. The highest BCUT2D eigenvalue weighted by Crippen LogP contribution is 2.33. The fourth-order valence-corrected chi connectivity index (χ4v) is 2.33. The molecule has 0 aliphatic rings. The van der Waals surface area contributed by atoms with E-state index in [0.29, 0.717) is 16.9 Å². The van der Waals surface area contributed by atoms with E-state index in [1.54, 1.807) is 24.3 Å². The van der Waals surface area contributed by atoms with E-state index in [2.05, 4.69) is 0 Å². The molecule has 2 N–H and O–H groups in total. The standard InChI is InChI=1S/C19H20O4/c1-3-4-14-7-12-18(23-2)16(19(14)22)10-11-17(21)13-5-8-15(20)9-6-13/h5-12,20,22H,3-4H2,1-2H3/b11-10+. The van der Waals surface area contributed by atoms with Crippen LogP contribution in [0, 0.1) is 0 Å². The second-order valence-electron chi connectivity index (χ2n) is 5.18. The molecule has 0 aromatic heterocycles. The number of hydrogen-bond donors (Lipinski definition) is 2. The first-order valence-electron chi connectivity index (χ1n) is 7.47. The molecule has 0 heterocycles. The van der Waals surface area contributed by atoms with Crippen molar-refractivity contribution in [1.82, 2.24) is 0 Å². The lowest BCUT2D eigenvalue weighted by Gasteiger charge is -2.11. The predicted molar refractivity (Wildman–Crippen MR) is 90.1 cm³/mol. The summed E-state index contributed by atoms with van der Waals surface area (Å²) < 4.78 is 5.26. The highest BCUT2D eigenvalue weighted by Gasteiger charge is 2.11. The molecule has 0 atom stereocenters. The quantitative estimate of drug-likeness (QED) is 0.626. The fraction of sp³-hybridized carbons (Fsp3) is 0.211. The number of ether oxygens (including phenoxy) is 1. The summed E-state index contributed by atoms with van der Waals surface area (Å²) in [5.41, 5.74) is 1.78. The third-order valence-corrected chi connectivity index (χ3v) is 3.55. The van der Waals surface area contributed by atoms with E-state index in [1.165, 1.54) is 25.3 Å². The summed E-state index contributed by atoms with van der Waals surface area (Å²) in [7, 11) is 1.52. The number of carbonyl (C=O) groups is 1. The summed E-state index contributed by atoms with van der Waals surface area (Å²) in [6.45, 7) is 2.04. The van der Waals surface area contributed by atoms with Crippen LogP contribution in [-0.4, -0.2) is 23.1 Å². The molecular formula is C19H20O4. The zero-order valence-electron chi connectivity index (χ0n) is 13.2. The Morgan fingerprint density at radius 3 is 2.43 bits per heavy atom. The normalized spacial score (nSPS) is 10.9. The van der Waals surface area contributed by atoms with Gasteiger partial charge in [0.15, 0.2) is 5.78 Å².